The van der Waals surface area contributed by atoms with Crippen molar-refractivity contribution in [1.82, 2.24) is 15.5 Å². The third kappa shape index (κ3) is 3.52. The van der Waals surface area contributed by atoms with E-state index in [0.29, 0.717) is 17.0 Å². The Kier molecular flexibility index (Phi) is 4.42. The van der Waals surface area contributed by atoms with Crippen molar-refractivity contribution < 1.29 is 14.1 Å². The second-order valence-electron chi connectivity index (χ2n) is 5.04. The summed E-state index contributed by atoms with van der Waals surface area (Å²) in [4.78, 5) is 25.4. The van der Waals surface area contributed by atoms with Gasteiger partial charge in [0.1, 0.15) is 11.4 Å². The Hall–Kier alpha value is -3.35. The van der Waals surface area contributed by atoms with E-state index in [4.69, 9.17) is 9.26 Å². The summed E-state index contributed by atoms with van der Waals surface area (Å²) >= 11 is 0. The Morgan fingerprint density at radius 3 is 2.92 bits per heavy atom. The third-order valence-corrected chi connectivity index (χ3v) is 3.39. The molecule has 3 rings (SSSR count). The van der Waals surface area contributed by atoms with Gasteiger partial charge in [0.15, 0.2) is 5.76 Å². The zero-order chi connectivity index (χ0) is 16.9. The second-order valence-corrected chi connectivity index (χ2v) is 5.04. The molecule has 0 aliphatic carbocycles. The molecule has 0 unspecified atom stereocenters. The SMILES string of the molecule is COc1cccc(-c2cc(CNC(=O)c3ccc(=O)[nH]c3)no2)c1. The first-order valence-corrected chi connectivity index (χ1v) is 7.22. The van der Waals surface area contributed by atoms with E-state index in [1.54, 1.807) is 13.2 Å². The predicted octanol–water partition coefficient (Wildman–Crippen LogP) is 1.97. The average Bonchev–Trinajstić information content (AvgIpc) is 3.09. The zero-order valence-corrected chi connectivity index (χ0v) is 12.9. The van der Waals surface area contributed by atoms with Crippen LogP contribution in [0, 0.1) is 0 Å². The van der Waals surface area contributed by atoms with Crippen LogP contribution in [0.3, 0.4) is 0 Å². The second kappa shape index (κ2) is 6.82. The number of amides is 1. The number of hydrogen-bond acceptors (Lipinski definition) is 5. The van der Waals surface area contributed by atoms with Crippen molar-refractivity contribution in [3.63, 3.8) is 0 Å². The number of benzene rings is 1. The van der Waals surface area contributed by atoms with Crippen LogP contribution in [0.5, 0.6) is 5.75 Å². The maximum absolute atomic E-state index is 12.0. The van der Waals surface area contributed by atoms with Gasteiger partial charge < -0.3 is 19.6 Å². The van der Waals surface area contributed by atoms with Crippen molar-refractivity contribution in [3.05, 3.63) is 70.3 Å². The molecule has 0 bridgehead atoms. The first-order chi connectivity index (χ1) is 11.7. The van der Waals surface area contributed by atoms with Crippen LogP contribution in [0.15, 0.2) is 58.0 Å². The maximum atomic E-state index is 12.0. The highest BCUT2D eigenvalue weighted by Crippen LogP contribution is 2.24. The first kappa shape index (κ1) is 15.5. The van der Waals surface area contributed by atoms with Crippen molar-refractivity contribution in [2.24, 2.45) is 0 Å². The lowest BCUT2D eigenvalue weighted by Crippen LogP contribution is -2.23. The van der Waals surface area contributed by atoms with Crippen molar-refractivity contribution >= 4 is 5.91 Å². The molecule has 7 nitrogen and oxygen atoms in total. The summed E-state index contributed by atoms with van der Waals surface area (Å²) in [6.45, 7) is 0.214. The van der Waals surface area contributed by atoms with Crippen LogP contribution in [-0.4, -0.2) is 23.2 Å². The van der Waals surface area contributed by atoms with E-state index in [2.05, 4.69) is 15.5 Å². The molecule has 1 amide bonds. The standard InChI is InChI=1S/C17H15N3O4/c1-23-14-4-2-3-11(7-14)15-8-13(20-24-15)10-19-17(22)12-5-6-16(21)18-9-12/h2-9H,10H2,1H3,(H,18,21)(H,19,22). The van der Waals surface area contributed by atoms with Gasteiger partial charge in [0.25, 0.3) is 5.91 Å². The number of pyridine rings is 1. The van der Waals surface area contributed by atoms with Crippen molar-refractivity contribution in [1.29, 1.82) is 0 Å². The van der Waals surface area contributed by atoms with E-state index in [-0.39, 0.29) is 18.0 Å². The lowest BCUT2D eigenvalue weighted by atomic mass is 10.1. The number of rotatable bonds is 5. The molecule has 0 aliphatic heterocycles. The number of aromatic amines is 1. The third-order valence-electron chi connectivity index (χ3n) is 3.39. The summed E-state index contributed by atoms with van der Waals surface area (Å²) in [6.07, 6.45) is 1.36. The van der Waals surface area contributed by atoms with Crippen molar-refractivity contribution in [2.75, 3.05) is 7.11 Å². The monoisotopic (exact) mass is 325 g/mol. The van der Waals surface area contributed by atoms with Crippen LogP contribution < -0.4 is 15.6 Å². The molecular weight excluding hydrogens is 310 g/mol. The molecule has 3 aromatic rings. The molecule has 0 saturated heterocycles. The number of ether oxygens (including phenoxy) is 1. The summed E-state index contributed by atoms with van der Waals surface area (Å²) in [5.41, 5.74) is 1.53. The molecule has 0 atom stereocenters. The topological polar surface area (TPSA) is 97.2 Å². The van der Waals surface area contributed by atoms with Gasteiger partial charge in [-0.1, -0.05) is 17.3 Å². The fraction of sp³-hybridized carbons (Fsp3) is 0.118. The number of carbonyl (C=O) groups excluding carboxylic acids is 1. The van der Waals surface area contributed by atoms with Crippen LogP contribution in [0.2, 0.25) is 0 Å². The number of nitrogens with one attached hydrogen (secondary N) is 2. The van der Waals surface area contributed by atoms with Crippen LogP contribution in [-0.2, 0) is 6.54 Å². The molecule has 2 aromatic heterocycles. The van der Waals surface area contributed by atoms with Gasteiger partial charge in [0, 0.05) is 23.9 Å². The summed E-state index contributed by atoms with van der Waals surface area (Å²) in [6, 6.07) is 11.9. The largest absolute Gasteiger partial charge is 0.497 e. The number of carbonyl (C=O) groups is 1. The molecule has 0 spiro atoms. The van der Waals surface area contributed by atoms with Gasteiger partial charge in [0.05, 0.1) is 19.2 Å². The van der Waals surface area contributed by atoms with Gasteiger partial charge in [-0.25, -0.2) is 0 Å². The van der Waals surface area contributed by atoms with E-state index in [9.17, 15) is 9.59 Å². The number of aromatic nitrogens is 2. The summed E-state index contributed by atoms with van der Waals surface area (Å²) in [7, 11) is 1.59. The number of H-pyrrole nitrogens is 1. The smallest absolute Gasteiger partial charge is 0.253 e. The fourth-order valence-corrected chi connectivity index (χ4v) is 2.13. The van der Waals surface area contributed by atoms with Crippen molar-refractivity contribution in [2.45, 2.75) is 6.54 Å². The predicted molar refractivity (Wildman–Crippen MR) is 86.7 cm³/mol. The molecular formula is C17H15N3O4. The fourth-order valence-electron chi connectivity index (χ4n) is 2.13. The molecule has 0 radical (unpaired) electrons. The molecule has 7 heteroatoms. The highest BCUT2D eigenvalue weighted by molar-refractivity contribution is 5.93. The molecule has 2 N–H and O–H groups in total. The summed E-state index contributed by atoms with van der Waals surface area (Å²) in [5, 5.41) is 6.65. The van der Waals surface area contributed by atoms with Gasteiger partial charge in [0.2, 0.25) is 5.56 Å². The highest BCUT2D eigenvalue weighted by Gasteiger charge is 2.10. The minimum atomic E-state index is -0.308. The van der Waals surface area contributed by atoms with Crippen LogP contribution >= 0.6 is 0 Å². The molecule has 2 heterocycles. The van der Waals surface area contributed by atoms with Crippen LogP contribution in [0.4, 0.5) is 0 Å². The Bertz CT molecular complexity index is 893. The van der Waals surface area contributed by atoms with Crippen molar-refractivity contribution in [3.8, 4) is 17.1 Å². The Labute approximate surface area is 137 Å². The van der Waals surface area contributed by atoms with E-state index in [1.165, 1.54) is 18.3 Å². The van der Waals surface area contributed by atoms with E-state index in [0.717, 1.165) is 11.3 Å². The molecule has 0 saturated carbocycles. The minimum absolute atomic E-state index is 0.214. The maximum Gasteiger partial charge on any atom is 0.253 e. The van der Waals surface area contributed by atoms with E-state index in [1.807, 2.05) is 24.3 Å². The first-order valence-electron chi connectivity index (χ1n) is 7.22. The van der Waals surface area contributed by atoms with Gasteiger partial charge in [-0.15, -0.1) is 0 Å². The van der Waals surface area contributed by atoms with Gasteiger partial charge in [-0.05, 0) is 18.2 Å². The quantitative estimate of drug-likeness (QED) is 0.747. The number of methoxy groups -OCH3 is 1. The van der Waals surface area contributed by atoms with Gasteiger partial charge in [-0.2, -0.15) is 0 Å². The summed E-state index contributed by atoms with van der Waals surface area (Å²) in [5.74, 6) is 0.996. The molecule has 1 aromatic carbocycles. The van der Waals surface area contributed by atoms with Crippen LogP contribution in [0.25, 0.3) is 11.3 Å². The number of nitrogens with zero attached hydrogens (tertiary/aromatic N) is 1. The lowest BCUT2D eigenvalue weighted by Gasteiger charge is -2.02. The molecule has 0 aliphatic rings. The Morgan fingerprint density at radius 2 is 2.17 bits per heavy atom. The van der Waals surface area contributed by atoms with E-state index < -0.39 is 0 Å². The van der Waals surface area contributed by atoms with E-state index >= 15 is 0 Å². The van der Waals surface area contributed by atoms with Crippen LogP contribution in [0.1, 0.15) is 16.1 Å². The Morgan fingerprint density at radius 1 is 1.29 bits per heavy atom. The Balaban J connectivity index is 1.66. The molecule has 24 heavy (non-hydrogen) atoms. The average molecular weight is 325 g/mol. The van der Waals surface area contributed by atoms with Gasteiger partial charge >= 0.3 is 0 Å². The lowest BCUT2D eigenvalue weighted by molar-refractivity contribution is 0.0949. The molecule has 0 fully saturated rings. The summed E-state index contributed by atoms with van der Waals surface area (Å²) < 4.78 is 10.5. The zero-order valence-electron chi connectivity index (χ0n) is 12.9. The minimum Gasteiger partial charge on any atom is -0.497 e. The number of hydrogen-bond donors (Lipinski definition) is 2. The molecule has 122 valence electrons. The van der Waals surface area contributed by atoms with Gasteiger partial charge in [-0.3, -0.25) is 9.59 Å². The highest BCUT2D eigenvalue weighted by atomic mass is 16.5. The normalized spacial score (nSPS) is 10.4.